The molecule has 7 nitrogen and oxygen atoms in total. The summed E-state index contributed by atoms with van der Waals surface area (Å²) in [5, 5.41) is 12.9. The number of hydrogen-bond donors (Lipinski definition) is 2. The molecule has 0 saturated heterocycles. The van der Waals surface area contributed by atoms with Gasteiger partial charge in [0.05, 0.1) is 23.7 Å². The lowest BCUT2D eigenvalue weighted by molar-refractivity contribution is 0.149. The topological polar surface area (TPSA) is 95.9 Å². The fourth-order valence-electron chi connectivity index (χ4n) is 2.51. The number of terminal acetylenes is 1. The Morgan fingerprint density at radius 1 is 1.13 bits per heavy atom. The molecule has 0 atom stereocenters. The van der Waals surface area contributed by atoms with Crippen molar-refractivity contribution >= 4 is 45.0 Å². The van der Waals surface area contributed by atoms with Gasteiger partial charge in [0.2, 0.25) is 0 Å². The number of amides is 1. The van der Waals surface area contributed by atoms with Crippen LogP contribution in [0.4, 0.5) is 10.5 Å². The normalized spacial score (nSPS) is 10.5. The number of halogens is 2. The maximum atomic E-state index is 13.3. The van der Waals surface area contributed by atoms with Crippen LogP contribution in [0.25, 0.3) is 0 Å². The molecule has 0 aliphatic heterocycles. The number of carbonyl (C=O) groups excluding carboxylic acids is 1. The summed E-state index contributed by atoms with van der Waals surface area (Å²) >= 11 is 11.9. The van der Waals surface area contributed by atoms with Crippen LogP contribution < -0.4 is 9.62 Å². The summed E-state index contributed by atoms with van der Waals surface area (Å²) in [6.07, 6.45) is 8.11. The highest BCUT2D eigenvalue weighted by atomic mass is 35.5. The first-order valence-corrected chi connectivity index (χ1v) is 11.4. The van der Waals surface area contributed by atoms with Crippen molar-refractivity contribution in [2.24, 2.45) is 0 Å². The van der Waals surface area contributed by atoms with Crippen molar-refractivity contribution in [1.82, 2.24) is 5.32 Å². The summed E-state index contributed by atoms with van der Waals surface area (Å²) in [7, 11) is -4.04. The van der Waals surface area contributed by atoms with Crippen LogP contribution in [-0.2, 0) is 21.4 Å². The Morgan fingerprint density at radius 2 is 1.74 bits per heavy atom. The summed E-state index contributed by atoms with van der Waals surface area (Å²) in [5.74, 6) is 0. The molecule has 10 heteroatoms. The molecule has 2 N–H and O–H groups in total. The van der Waals surface area contributed by atoms with E-state index in [-0.39, 0.29) is 23.7 Å². The number of aliphatic hydroxyl groups is 1. The first-order chi connectivity index (χ1) is 14.8. The molecule has 2 rings (SSSR count). The largest absolute Gasteiger partial charge is 0.448 e. The van der Waals surface area contributed by atoms with Gasteiger partial charge in [0.15, 0.2) is 0 Å². The maximum Gasteiger partial charge on any atom is 0.407 e. The quantitative estimate of drug-likeness (QED) is 0.520. The van der Waals surface area contributed by atoms with Crippen molar-refractivity contribution in [3.8, 4) is 12.8 Å². The van der Waals surface area contributed by atoms with Crippen LogP contribution in [0.2, 0.25) is 10.0 Å². The highest BCUT2D eigenvalue weighted by molar-refractivity contribution is 7.92. The number of anilines is 1. The molecule has 0 saturated carbocycles. The van der Waals surface area contributed by atoms with Crippen LogP contribution >= 0.6 is 23.2 Å². The van der Waals surface area contributed by atoms with Crippen molar-refractivity contribution in [3.63, 3.8) is 0 Å². The van der Waals surface area contributed by atoms with Crippen molar-refractivity contribution in [2.75, 3.05) is 24.0 Å². The van der Waals surface area contributed by atoms with Gasteiger partial charge in [-0.2, -0.15) is 0 Å². The summed E-state index contributed by atoms with van der Waals surface area (Å²) in [4.78, 5) is 11.7. The van der Waals surface area contributed by atoms with Crippen LogP contribution in [0.15, 0.2) is 47.4 Å². The highest BCUT2D eigenvalue weighted by Gasteiger charge is 2.27. The van der Waals surface area contributed by atoms with Gasteiger partial charge in [0.25, 0.3) is 10.0 Å². The number of rotatable bonds is 9. The van der Waals surface area contributed by atoms with E-state index in [1.54, 1.807) is 6.07 Å². The van der Waals surface area contributed by atoms with E-state index >= 15 is 0 Å². The molecule has 0 fully saturated rings. The number of nitrogens with one attached hydrogen (secondary N) is 1. The molecule has 0 aliphatic rings. The Labute approximate surface area is 193 Å². The average molecular weight is 487 g/mol. The Kier molecular flexibility index (Phi) is 11.2. The number of nitrogens with zero attached hydrogens (tertiary/aromatic N) is 1. The standard InChI is InChI=1S/C19H22Cl2N2O5S.C2H2/c1-2-9-22-19(25)28-11-10-23(18-12-16(21)4-3-14(18)13-24)29(26,27)17-7-5-15(20)6-8-17;1-2/h3-8,12,24H,2,9-11,13H2,1H3,(H,22,25);1-2H. The lowest BCUT2D eigenvalue weighted by Gasteiger charge is -2.26. The van der Waals surface area contributed by atoms with E-state index in [9.17, 15) is 18.3 Å². The van der Waals surface area contributed by atoms with Crippen molar-refractivity contribution < 1.29 is 23.1 Å². The predicted octanol–water partition coefficient (Wildman–Crippen LogP) is 4.07. The zero-order valence-corrected chi connectivity index (χ0v) is 19.3. The van der Waals surface area contributed by atoms with Crippen molar-refractivity contribution in [1.29, 1.82) is 0 Å². The monoisotopic (exact) mass is 486 g/mol. The second kappa shape index (κ2) is 13.1. The van der Waals surface area contributed by atoms with E-state index in [1.165, 1.54) is 36.4 Å². The van der Waals surface area contributed by atoms with Gasteiger partial charge in [-0.3, -0.25) is 4.31 Å². The minimum atomic E-state index is -4.04. The molecule has 168 valence electrons. The van der Waals surface area contributed by atoms with E-state index in [1.807, 2.05) is 6.92 Å². The molecule has 2 aromatic rings. The van der Waals surface area contributed by atoms with Crippen molar-refractivity contribution in [2.45, 2.75) is 24.8 Å². The summed E-state index contributed by atoms with van der Waals surface area (Å²) < 4.78 is 32.7. The summed E-state index contributed by atoms with van der Waals surface area (Å²) in [6, 6.07) is 10.2. The third kappa shape index (κ3) is 7.64. The number of benzene rings is 2. The first kappa shape index (κ1) is 26.6. The van der Waals surface area contributed by atoms with Gasteiger partial charge in [-0.15, -0.1) is 12.8 Å². The minimum Gasteiger partial charge on any atom is -0.448 e. The van der Waals surface area contributed by atoms with Crippen LogP contribution in [0.1, 0.15) is 18.9 Å². The number of sulfonamides is 1. The molecule has 0 bridgehead atoms. The van der Waals surface area contributed by atoms with Crippen LogP contribution in [0.5, 0.6) is 0 Å². The first-order valence-electron chi connectivity index (χ1n) is 9.21. The minimum absolute atomic E-state index is 0.00111. The van der Waals surface area contributed by atoms with Crippen LogP contribution in [-0.4, -0.2) is 39.3 Å². The molecule has 0 unspecified atom stereocenters. The number of carbonyl (C=O) groups is 1. The second-order valence-corrected chi connectivity index (χ2v) is 8.76. The zero-order chi connectivity index (χ0) is 23.4. The SMILES string of the molecule is C#C.CCCNC(=O)OCCN(c1cc(Cl)ccc1CO)S(=O)(=O)c1ccc(Cl)cc1. The molecule has 31 heavy (non-hydrogen) atoms. The van der Waals surface area contributed by atoms with E-state index in [0.29, 0.717) is 22.2 Å². The van der Waals surface area contributed by atoms with Crippen molar-refractivity contribution in [3.05, 3.63) is 58.1 Å². The number of aliphatic hydroxyl groups excluding tert-OH is 1. The lowest BCUT2D eigenvalue weighted by atomic mass is 10.2. The van der Waals surface area contributed by atoms with Gasteiger partial charge in [-0.1, -0.05) is 36.2 Å². The zero-order valence-electron chi connectivity index (χ0n) is 16.9. The van der Waals surface area contributed by atoms with Gasteiger partial charge >= 0.3 is 6.09 Å². The molecular weight excluding hydrogens is 463 g/mol. The average Bonchev–Trinajstić information content (AvgIpc) is 2.76. The van der Waals surface area contributed by atoms with E-state index in [2.05, 4.69) is 18.2 Å². The maximum absolute atomic E-state index is 13.3. The number of alkyl carbamates (subject to hydrolysis) is 1. The number of hydrogen-bond acceptors (Lipinski definition) is 5. The second-order valence-electron chi connectivity index (χ2n) is 6.02. The third-order valence-corrected chi connectivity index (χ3v) is 6.25. The molecule has 0 heterocycles. The Hall–Kier alpha value is -2.44. The summed E-state index contributed by atoms with van der Waals surface area (Å²) in [5.41, 5.74) is 0.565. The van der Waals surface area contributed by atoms with E-state index in [0.717, 1.165) is 10.7 Å². The van der Waals surface area contributed by atoms with Crippen LogP contribution in [0, 0.1) is 12.8 Å². The molecule has 0 radical (unpaired) electrons. The Morgan fingerprint density at radius 3 is 2.32 bits per heavy atom. The molecule has 1 amide bonds. The van der Waals surface area contributed by atoms with Crippen LogP contribution in [0.3, 0.4) is 0 Å². The van der Waals surface area contributed by atoms with E-state index in [4.69, 9.17) is 27.9 Å². The third-order valence-electron chi connectivity index (χ3n) is 3.93. The van der Waals surface area contributed by atoms with Gasteiger partial charge in [-0.05, 0) is 42.8 Å². The molecule has 0 spiro atoms. The highest BCUT2D eigenvalue weighted by Crippen LogP contribution is 2.30. The number of ether oxygens (including phenoxy) is 1. The predicted molar refractivity (Wildman–Crippen MR) is 123 cm³/mol. The Bertz CT molecular complexity index is 979. The van der Waals surface area contributed by atoms with Gasteiger partial charge in [0.1, 0.15) is 6.61 Å². The summed E-state index contributed by atoms with van der Waals surface area (Å²) in [6.45, 7) is 1.60. The Balaban J connectivity index is 0.00000233. The fourth-order valence-corrected chi connectivity index (χ4v) is 4.28. The van der Waals surface area contributed by atoms with Gasteiger partial charge < -0.3 is 15.2 Å². The molecule has 2 aromatic carbocycles. The molecule has 0 aliphatic carbocycles. The van der Waals surface area contributed by atoms with Gasteiger partial charge in [-0.25, -0.2) is 13.2 Å². The fraction of sp³-hybridized carbons (Fsp3) is 0.286. The molecule has 0 aromatic heterocycles. The van der Waals surface area contributed by atoms with E-state index < -0.39 is 22.7 Å². The lowest BCUT2D eigenvalue weighted by Crippen LogP contribution is -2.36. The smallest absolute Gasteiger partial charge is 0.407 e. The molecular formula is C21H24Cl2N2O5S. The van der Waals surface area contributed by atoms with Gasteiger partial charge in [0, 0.05) is 22.2 Å².